The number of piperazine rings is 1. The van der Waals surface area contributed by atoms with Crippen LogP contribution in [0.4, 0.5) is 4.79 Å². The largest absolute Gasteiger partial charge is 0.464 e. The lowest BCUT2D eigenvalue weighted by Gasteiger charge is -2.34. The minimum atomic E-state index is -0.539. The molecule has 1 fully saturated rings. The average Bonchev–Trinajstić information content (AvgIpc) is 2.87. The predicted octanol–water partition coefficient (Wildman–Crippen LogP) is 1.09. The molecule has 0 aliphatic carbocycles. The van der Waals surface area contributed by atoms with Crippen molar-refractivity contribution >= 4 is 12.1 Å². The van der Waals surface area contributed by atoms with Crippen molar-refractivity contribution in [3.05, 3.63) is 17.5 Å². The van der Waals surface area contributed by atoms with Crippen LogP contribution in [0.5, 0.6) is 0 Å². The number of methoxy groups -OCH3 is 1. The van der Waals surface area contributed by atoms with Crippen molar-refractivity contribution in [2.45, 2.75) is 32.4 Å². The third-order valence-electron chi connectivity index (χ3n) is 3.44. The van der Waals surface area contributed by atoms with Gasteiger partial charge in [-0.05, 0) is 20.8 Å². The maximum Gasteiger partial charge on any atom is 0.410 e. The quantitative estimate of drug-likeness (QED) is 0.820. The number of rotatable bonds is 2. The van der Waals surface area contributed by atoms with E-state index in [1.165, 1.54) is 7.11 Å². The van der Waals surface area contributed by atoms with E-state index in [1.807, 2.05) is 20.8 Å². The summed E-state index contributed by atoms with van der Waals surface area (Å²) >= 11 is 0. The average molecular weight is 324 g/mol. The summed E-state index contributed by atoms with van der Waals surface area (Å²) in [6.07, 6.45) is 1.41. The van der Waals surface area contributed by atoms with Crippen molar-refractivity contribution in [1.82, 2.24) is 20.0 Å². The lowest BCUT2D eigenvalue weighted by molar-refractivity contribution is 0.0195. The van der Waals surface area contributed by atoms with Crippen LogP contribution in [0.1, 0.15) is 42.9 Å². The predicted molar refractivity (Wildman–Crippen MR) is 83.1 cm³/mol. The number of carbonyl (C=O) groups is 2. The molecule has 0 spiro atoms. The fraction of sp³-hybridized carbons (Fsp3) is 0.667. The third-order valence-corrected chi connectivity index (χ3v) is 3.44. The molecule has 23 heavy (non-hydrogen) atoms. The second-order valence-electron chi connectivity index (χ2n) is 6.53. The van der Waals surface area contributed by atoms with Gasteiger partial charge in [0.1, 0.15) is 5.60 Å². The summed E-state index contributed by atoms with van der Waals surface area (Å²) in [5.74, 6) is -0.489. The fourth-order valence-electron chi connectivity index (χ4n) is 2.47. The van der Waals surface area contributed by atoms with Gasteiger partial charge in [0.2, 0.25) is 0 Å². The fourth-order valence-corrected chi connectivity index (χ4v) is 2.47. The Kier molecular flexibility index (Phi) is 4.93. The van der Waals surface area contributed by atoms with Gasteiger partial charge in [0.25, 0.3) is 0 Å². The summed E-state index contributed by atoms with van der Waals surface area (Å²) in [5.41, 5.74) is 0.439. The first-order valence-electron chi connectivity index (χ1n) is 7.54. The second-order valence-corrected chi connectivity index (χ2v) is 6.53. The van der Waals surface area contributed by atoms with Crippen LogP contribution in [0.15, 0.2) is 6.20 Å². The van der Waals surface area contributed by atoms with Crippen LogP contribution in [0.25, 0.3) is 0 Å². The molecule has 1 N–H and O–H groups in total. The lowest BCUT2D eigenvalue weighted by atomic mass is 10.1. The van der Waals surface area contributed by atoms with Crippen LogP contribution in [0.3, 0.4) is 0 Å². The molecule has 8 heteroatoms. The molecule has 1 aromatic heterocycles. The molecule has 0 radical (unpaired) electrons. The van der Waals surface area contributed by atoms with Crippen LogP contribution < -0.4 is 5.32 Å². The molecule has 1 amide bonds. The van der Waals surface area contributed by atoms with E-state index in [9.17, 15) is 9.59 Å². The number of nitrogens with zero attached hydrogens (tertiary/aromatic N) is 3. The van der Waals surface area contributed by atoms with Gasteiger partial charge in [0, 0.05) is 38.4 Å². The maximum absolute atomic E-state index is 12.2. The van der Waals surface area contributed by atoms with E-state index in [1.54, 1.807) is 22.8 Å². The number of esters is 1. The SMILES string of the molecule is COC(=O)c1nn(C)cc1C1CN(C(=O)OC(C)(C)C)CCN1. The Morgan fingerprint density at radius 1 is 1.39 bits per heavy atom. The Hall–Kier alpha value is -2.09. The van der Waals surface area contributed by atoms with Gasteiger partial charge in [0.05, 0.1) is 13.2 Å². The van der Waals surface area contributed by atoms with Crippen LogP contribution in [0.2, 0.25) is 0 Å². The Bertz CT molecular complexity index is 591. The number of aromatic nitrogens is 2. The van der Waals surface area contributed by atoms with Gasteiger partial charge in [0.15, 0.2) is 5.69 Å². The number of aryl methyl sites for hydroxylation is 1. The first-order chi connectivity index (χ1) is 10.7. The minimum Gasteiger partial charge on any atom is -0.464 e. The zero-order valence-electron chi connectivity index (χ0n) is 14.3. The number of carbonyl (C=O) groups excluding carboxylic acids is 2. The van der Waals surface area contributed by atoms with Crippen LogP contribution in [-0.4, -0.2) is 59.1 Å². The van der Waals surface area contributed by atoms with Gasteiger partial charge in [-0.25, -0.2) is 9.59 Å². The highest BCUT2D eigenvalue weighted by Gasteiger charge is 2.31. The summed E-state index contributed by atoms with van der Waals surface area (Å²) in [6, 6.07) is -0.195. The molecule has 1 aliphatic rings. The van der Waals surface area contributed by atoms with E-state index in [0.29, 0.717) is 25.2 Å². The number of ether oxygens (including phenoxy) is 2. The molecule has 2 heterocycles. The molecule has 8 nitrogen and oxygen atoms in total. The summed E-state index contributed by atoms with van der Waals surface area (Å²) in [7, 11) is 3.06. The van der Waals surface area contributed by atoms with E-state index < -0.39 is 11.6 Å². The summed E-state index contributed by atoms with van der Waals surface area (Å²) in [4.78, 5) is 25.7. The molecule has 0 aromatic carbocycles. The highest BCUT2D eigenvalue weighted by molar-refractivity contribution is 5.89. The van der Waals surface area contributed by atoms with E-state index >= 15 is 0 Å². The summed E-state index contributed by atoms with van der Waals surface area (Å²) in [5, 5.41) is 7.46. The molecule has 1 unspecified atom stereocenters. The lowest BCUT2D eigenvalue weighted by Crippen LogP contribution is -2.49. The van der Waals surface area contributed by atoms with Gasteiger partial charge in [-0.2, -0.15) is 5.10 Å². The van der Waals surface area contributed by atoms with Crippen molar-refractivity contribution in [3.8, 4) is 0 Å². The molecule has 1 aliphatic heterocycles. The zero-order valence-corrected chi connectivity index (χ0v) is 14.3. The number of hydrogen-bond donors (Lipinski definition) is 1. The first-order valence-corrected chi connectivity index (χ1v) is 7.54. The Morgan fingerprint density at radius 3 is 2.70 bits per heavy atom. The molecule has 0 saturated carbocycles. The zero-order chi connectivity index (χ0) is 17.2. The van der Waals surface area contributed by atoms with Gasteiger partial charge >= 0.3 is 12.1 Å². The number of hydrogen-bond acceptors (Lipinski definition) is 6. The number of nitrogens with one attached hydrogen (secondary N) is 1. The molecule has 128 valence electrons. The van der Waals surface area contributed by atoms with Gasteiger partial charge in [-0.1, -0.05) is 0 Å². The van der Waals surface area contributed by atoms with Crippen molar-refractivity contribution < 1.29 is 19.1 Å². The Morgan fingerprint density at radius 2 is 2.09 bits per heavy atom. The van der Waals surface area contributed by atoms with Crippen LogP contribution >= 0.6 is 0 Å². The van der Waals surface area contributed by atoms with E-state index in [2.05, 4.69) is 10.4 Å². The Balaban J connectivity index is 2.16. The summed E-state index contributed by atoms with van der Waals surface area (Å²) < 4.78 is 11.8. The van der Waals surface area contributed by atoms with Gasteiger partial charge in [-0.15, -0.1) is 0 Å². The molecule has 1 saturated heterocycles. The highest BCUT2D eigenvalue weighted by atomic mass is 16.6. The molecule has 2 rings (SSSR count). The normalized spacial score (nSPS) is 18.7. The van der Waals surface area contributed by atoms with E-state index in [0.717, 1.165) is 0 Å². The topological polar surface area (TPSA) is 85.7 Å². The van der Waals surface area contributed by atoms with Crippen molar-refractivity contribution in [2.75, 3.05) is 26.7 Å². The number of amides is 1. The molecular weight excluding hydrogens is 300 g/mol. The molecular formula is C15H24N4O4. The monoisotopic (exact) mass is 324 g/mol. The Labute approximate surface area is 135 Å². The van der Waals surface area contributed by atoms with Gasteiger partial charge < -0.3 is 19.7 Å². The van der Waals surface area contributed by atoms with Crippen molar-refractivity contribution in [3.63, 3.8) is 0 Å². The van der Waals surface area contributed by atoms with Crippen molar-refractivity contribution in [2.24, 2.45) is 7.05 Å². The van der Waals surface area contributed by atoms with Crippen LogP contribution in [0, 0.1) is 0 Å². The first kappa shape index (κ1) is 17.3. The molecule has 0 bridgehead atoms. The molecule has 1 aromatic rings. The maximum atomic E-state index is 12.2. The van der Waals surface area contributed by atoms with E-state index in [4.69, 9.17) is 9.47 Å². The molecule has 1 atom stereocenters. The second kappa shape index (κ2) is 6.57. The van der Waals surface area contributed by atoms with Crippen molar-refractivity contribution in [1.29, 1.82) is 0 Å². The van der Waals surface area contributed by atoms with Crippen LogP contribution in [-0.2, 0) is 16.5 Å². The highest BCUT2D eigenvalue weighted by Crippen LogP contribution is 2.22. The smallest absolute Gasteiger partial charge is 0.410 e. The third kappa shape index (κ3) is 4.22. The van der Waals surface area contributed by atoms with Gasteiger partial charge in [-0.3, -0.25) is 4.68 Å². The van der Waals surface area contributed by atoms with E-state index in [-0.39, 0.29) is 17.8 Å². The summed E-state index contributed by atoms with van der Waals surface area (Å²) in [6.45, 7) is 7.08. The standard InChI is InChI=1S/C15H24N4O4/c1-15(2,3)23-14(21)19-7-6-16-11(9-19)10-8-18(4)17-12(10)13(20)22-5/h8,11,16H,6-7,9H2,1-5H3. The minimum absolute atomic E-state index is 0.195.